The summed E-state index contributed by atoms with van der Waals surface area (Å²) < 4.78 is 13.1. The monoisotopic (exact) mass is 510 g/mol. The van der Waals surface area contributed by atoms with Crippen LogP contribution in [0.5, 0.6) is 5.75 Å². The molecule has 6 rings (SSSR count). The average molecular weight is 511 g/mol. The number of fused-ring (bicyclic) bond motifs is 2. The van der Waals surface area contributed by atoms with E-state index in [0.29, 0.717) is 29.9 Å². The molecule has 38 heavy (non-hydrogen) atoms. The summed E-state index contributed by atoms with van der Waals surface area (Å²) in [6.07, 6.45) is 10.6. The first kappa shape index (κ1) is 23.7. The lowest BCUT2D eigenvalue weighted by atomic mass is 10.0. The van der Waals surface area contributed by atoms with Crippen molar-refractivity contribution in [1.29, 1.82) is 0 Å². The molecule has 0 amide bonds. The van der Waals surface area contributed by atoms with Crippen LogP contribution in [0.2, 0.25) is 0 Å². The third-order valence-corrected chi connectivity index (χ3v) is 6.66. The molecule has 10 nitrogen and oxygen atoms in total. The molecule has 0 fully saturated rings. The number of hydrogen-bond acceptors (Lipinski definition) is 8. The summed E-state index contributed by atoms with van der Waals surface area (Å²) in [5.74, 6) is 0.346. The Morgan fingerprint density at radius 2 is 2.08 bits per heavy atom. The lowest BCUT2D eigenvalue weighted by molar-refractivity contribution is -0.137. The molecule has 1 aromatic carbocycles. The fourth-order valence-corrected chi connectivity index (χ4v) is 4.80. The standard InChI is InChI=1S/C28H26N6O4/c35-28(36)12-26(18-10-20(14-29-13-18)27-16-30-17-38-27)34-25-6-4-22(11-19(25)15-32-34)37-9-7-21-3-5-23-24(33-21)2-1-8-31-23/h3-6,10-11,13-17,26,31H,1-2,7-9,12H2,(H,35,36). The maximum absolute atomic E-state index is 11.8. The number of pyridine rings is 2. The molecule has 2 N–H and O–H groups in total. The van der Waals surface area contributed by atoms with Crippen LogP contribution in [0.25, 0.3) is 22.2 Å². The zero-order chi connectivity index (χ0) is 25.9. The van der Waals surface area contributed by atoms with Gasteiger partial charge in [-0.3, -0.25) is 19.4 Å². The number of rotatable bonds is 9. The molecule has 5 aromatic rings. The smallest absolute Gasteiger partial charge is 0.305 e. The summed E-state index contributed by atoms with van der Waals surface area (Å²) in [7, 11) is 0. The fourth-order valence-electron chi connectivity index (χ4n) is 4.80. The maximum Gasteiger partial charge on any atom is 0.305 e. The normalized spacial score (nSPS) is 13.6. The van der Waals surface area contributed by atoms with Crippen molar-refractivity contribution >= 4 is 22.6 Å². The number of hydrogen-bond donors (Lipinski definition) is 2. The molecule has 1 aliphatic heterocycles. The second kappa shape index (κ2) is 10.3. The van der Waals surface area contributed by atoms with E-state index in [9.17, 15) is 9.90 Å². The van der Waals surface area contributed by atoms with Gasteiger partial charge in [0, 0.05) is 42.0 Å². The number of benzene rings is 1. The Bertz CT molecular complexity index is 1580. The van der Waals surface area contributed by atoms with Gasteiger partial charge in [-0.25, -0.2) is 4.98 Å². The molecule has 1 atom stereocenters. The predicted molar refractivity (Wildman–Crippen MR) is 140 cm³/mol. The Balaban J connectivity index is 1.20. The molecule has 0 saturated heterocycles. The third kappa shape index (κ3) is 4.93. The number of ether oxygens (including phenoxy) is 1. The highest BCUT2D eigenvalue weighted by Gasteiger charge is 2.22. The van der Waals surface area contributed by atoms with Crippen molar-refractivity contribution in [3.8, 4) is 17.1 Å². The quantitative estimate of drug-likeness (QED) is 0.294. The number of aromatic nitrogens is 5. The summed E-state index contributed by atoms with van der Waals surface area (Å²) in [4.78, 5) is 24.8. The van der Waals surface area contributed by atoms with Gasteiger partial charge in [-0.1, -0.05) is 0 Å². The fraction of sp³-hybridized carbons (Fsp3) is 0.250. The van der Waals surface area contributed by atoms with Crippen LogP contribution >= 0.6 is 0 Å². The van der Waals surface area contributed by atoms with Crippen molar-refractivity contribution in [2.75, 3.05) is 18.5 Å². The summed E-state index contributed by atoms with van der Waals surface area (Å²) in [6, 6.07) is 11.1. The summed E-state index contributed by atoms with van der Waals surface area (Å²) >= 11 is 0. The number of aryl methyl sites for hydroxylation is 1. The highest BCUT2D eigenvalue weighted by atomic mass is 16.5. The largest absolute Gasteiger partial charge is 0.493 e. The van der Waals surface area contributed by atoms with Gasteiger partial charge in [-0.15, -0.1) is 0 Å². The number of carbonyl (C=O) groups is 1. The van der Waals surface area contributed by atoms with Crippen LogP contribution in [0.1, 0.15) is 35.8 Å². The number of oxazole rings is 1. The number of carboxylic acid groups (broad SMARTS) is 1. The van der Waals surface area contributed by atoms with Gasteiger partial charge in [-0.2, -0.15) is 5.10 Å². The number of carboxylic acids is 1. The molecule has 0 aliphatic carbocycles. The lowest BCUT2D eigenvalue weighted by Gasteiger charge is -2.18. The van der Waals surface area contributed by atoms with E-state index in [-0.39, 0.29) is 6.42 Å². The zero-order valence-corrected chi connectivity index (χ0v) is 20.6. The first-order chi connectivity index (χ1) is 18.6. The Hall–Kier alpha value is -4.73. The summed E-state index contributed by atoms with van der Waals surface area (Å²) in [5, 5.41) is 18.4. The Morgan fingerprint density at radius 3 is 2.95 bits per heavy atom. The molecular weight excluding hydrogens is 484 g/mol. The number of nitrogens with zero attached hydrogens (tertiary/aromatic N) is 5. The van der Waals surface area contributed by atoms with Crippen LogP contribution in [0.15, 0.2) is 72.0 Å². The average Bonchev–Trinajstić information content (AvgIpc) is 3.62. The van der Waals surface area contributed by atoms with Gasteiger partial charge in [0.05, 0.1) is 48.4 Å². The first-order valence-electron chi connectivity index (χ1n) is 12.5. The van der Waals surface area contributed by atoms with Gasteiger partial charge in [0.15, 0.2) is 12.2 Å². The minimum absolute atomic E-state index is 0.153. The highest BCUT2D eigenvalue weighted by molar-refractivity contribution is 5.81. The van der Waals surface area contributed by atoms with Gasteiger partial charge >= 0.3 is 5.97 Å². The van der Waals surface area contributed by atoms with Crippen molar-refractivity contribution in [2.45, 2.75) is 31.7 Å². The van der Waals surface area contributed by atoms with Crippen LogP contribution in [0.4, 0.5) is 5.69 Å². The molecule has 0 bridgehead atoms. The summed E-state index contributed by atoms with van der Waals surface area (Å²) in [5.41, 5.74) is 5.49. The number of nitrogens with one attached hydrogen (secondary N) is 1. The Kier molecular flexibility index (Phi) is 6.43. The molecular formula is C28H26N6O4. The van der Waals surface area contributed by atoms with Crippen molar-refractivity contribution in [2.24, 2.45) is 0 Å². The second-order valence-corrected chi connectivity index (χ2v) is 9.22. The van der Waals surface area contributed by atoms with Crippen LogP contribution in [0, 0.1) is 0 Å². The molecule has 1 unspecified atom stereocenters. The van der Waals surface area contributed by atoms with Gasteiger partial charge in [-0.05, 0) is 54.8 Å². The predicted octanol–water partition coefficient (Wildman–Crippen LogP) is 4.53. The molecule has 0 radical (unpaired) electrons. The molecule has 4 aromatic heterocycles. The van der Waals surface area contributed by atoms with Crippen molar-refractivity contribution in [1.82, 2.24) is 24.7 Å². The van der Waals surface area contributed by atoms with E-state index in [1.54, 1.807) is 29.5 Å². The van der Waals surface area contributed by atoms with Gasteiger partial charge < -0.3 is 19.6 Å². The van der Waals surface area contributed by atoms with E-state index in [0.717, 1.165) is 53.1 Å². The molecule has 10 heteroatoms. The van der Waals surface area contributed by atoms with E-state index in [2.05, 4.69) is 26.4 Å². The SMILES string of the molecule is O=C(O)CC(c1cncc(-c2cnco2)c1)n1ncc2cc(OCCc3ccc4c(n3)CCCN4)ccc21. The highest BCUT2D eigenvalue weighted by Crippen LogP contribution is 2.30. The van der Waals surface area contributed by atoms with Gasteiger partial charge in [0.1, 0.15) is 5.75 Å². The van der Waals surface area contributed by atoms with E-state index in [4.69, 9.17) is 14.1 Å². The van der Waals surface area contributed by atoms with Gasteiger partial charge in [0.2, 0.25) is 0 Å². The van der Waals surface area contributed by atoms with Crippen LogP contribution in [-0.4, -0.2) is 49.0 Å². The Labute approximate surface area is 218 Å². The van der Waals surface area contributed by atoms with E-state index < -0.39 is 12.0 Å². The molecule has 0 saturated carbocycles. The van der Waals surface area contributed by atoms with Crippen LogP contribution < -0.4 is 10.1 Å². The molecule has 5 heterocycles. The van der Waals surface area contributed by atoms with Crippen LogP contribution in [-0.2, 0) is 17.6 Å². The molecule has 192 valence electrons. The van der Waals surface area contributed by atoms with Crippen molar-refractivity contribution in [3.05, 3.63) is 84.5 Å². The molecule has 1 aliphatic rings. The number of aliphatic carboxylic acids is 1. The van der Waals surface area contributed by atoms with E-state index >= 15 is 0 Å². The molecule has 0 spiro atoms. The first-order valence-corrected chi connectivity index (χ1v) is 12.5. The second-order valence-electron chi connectivity index (χ2n) is 9.22. The maximum atomic E-state index is 11.8. The van der Waals surface area contributed by atoms with Gasteiger partial charge in [0.25, 0.3) is 0 Å². The topological polar surface area (TPSA) is 128 Å². The summed E-state index contributed by atoms with van der Waals surface area (Å²) in [6.45, 7) is 1.50. The van der Waals surface area contributed by atoms with E-state index in [1.807, 2.05) is 30.3 Å². The minimum atomic E-state index is -0.935. The van der Waals surface area contributed by atoms with Crippen molar-refractivity contribution in [3.63, 3.8) is 0 Å². The number of anilines is 1. The van der Waals surface area contributed by atoms with Crippen LogP contribution in [0.3, 0.4) is 0 Å². The lowest BCUT2D eigenvalue weighted by Crippen LogP contribution is -2.16. The third-order valence-electron chi connectivity index (χ3n) is 6.66. The van der Waals surface area contributed by atoms with Crippen molar-refractivity contribution < 1.29 is 19.1 Å². The van der Waals surface area contributed by atoms with E-state index in [1.165, 1.54) is 6.39 Å². The zero-order valence-electron chi connectivity index (χ0n) is 20.6. The minimum Gasteiger partial charge on any atom is -0.493 e. The Morgan fingerprint density at radius 1 is 1.13 bits per heavy atom.